The lowest BCUT2D eigenvalue weighted by atomic mass is 9.74. The average Bonchev–Trinajstić information content (AvgIpc) is 2.89. The van der Waals surface area contributed by atoms with Gasteiger partial charge in [-0.1, -0.05) is 144 Å². The largest absolute Gasteiger partial charge is 0.466 e. The molecule has 232 valence electrons. The molecule has 0 aromatic heterocycles. The van der Waals surface area contributed by atoms with Crippen molar-refractivity contribution in [3.05, 3.63) is 0 Å². The summed E-state index contributed by atoms with van der Waals surface area (Å²) in [4.78, 5) is 24.7. The highest BCUT2D eigenvalue weighted by Crippen LogP contribution is 2.33. The summed E-state index contributed by atoms with van der Waals surface area (Å²) in [7, 11) is 0. The highest BCUT2D eigenvalue weighted by molar-refractivity contribution is 5.73. The van der Waals surface area contributed by atoms with Gasteiger partial charge in [-0.15, -0.1) is 0 Å². The second kappa shape index (κ2) is 27.1. The third kappa shape index (κ3) is 22.3. The van der Waals surface area contributed by atoms with Gasteiger partial charge in [-0.25, -0.2) is 0 Å². The van der Waals surface area contributed by atoms with Crippen molar-refractivity contribution in [2.75, 3.05) is 13.2 Å². The first-order chi connectivity index (χ1) is 18.8. The minimum atomic E-state index is -0.0105. The number of hydrogen-bond acceptors (Lipinski definition) is 4. The summed E-state index contributed by atoms with van der Waals surface area (Å²) in [5.41, 5.74) is 0. The zero-order chi connectivity index (χ0) is 29.1. The molecule has 0 amide bonds. The Morgan fingerprint density at radius 3 is 1.41 bits per heavy atom. The molecule has 0 fully saturated rings. The van der Waals surface area contributed by atoms with E-state index < -0.39 is 0 Å². The summed E-state index contributed by atoms with van der Waals surface area (Å²) in [6.45, 7) is 14.5. The molecule has 0 aliphatic heterocycles. The number of carbonyl (C=O) groups is 2. The number of esters is 2. The molecular formula is C35H68O4. The Labute approximate surface area is 244 Å². The Morgan fingerprint density at radius 1 is 0.513 bits per heavy atom. The highest BCUT2D eigenvalue weighted by Gasteiger charge is 2.33. The molecule has 39 heavy (non-hydrogen) atoms. The van der Waals surface area contributed by atoms with Gasteiger partial charge in [0.05, 0.1) is 19.1 Å². The van der Waals surface area contributed by atoms with Crippen LogP contribution < -0.4 is 0 Å². The van der Waals surface area contributed by atoms with E-state index in [-0.39, 0.29) is 17.9 Å². The first-order valence-electron chi connectivity index (χ1n) is 17.2. The third-order valence-electron chi connectivity index (χ3n) is 8.23. The molecule has 0 radical (unpaired) electrons. The Kier molecular flexibility index (Phi) is 26.4. The first kappa shape index (κ1) is 37.9. The lowest BCUT2D eigenvalue weighted by Crippen LogP contribution is -2.33. The van der Waals surface area contributed by atoms with Crippen LogP contribution >= 0.6 is 0 Å². The quantitative estimate of drug-likeness (QED) is 0.0715. The normalized spacial score (nSPS) is 13.1. The van der Waals surface area contributed by atoms with Crippen molar-refractivity contribution < 1.29 is 19.1 Å². The van der Waals surface area contributed by atoms with E-state index in [1.807, 2.05) is 0 Å². The smallest absolute Gasteiger partial charge is 0.309 e. The lowest BCUT2D eigenvalue weighted by Gasteiger charge is -2.31. The van der Waals surface area contributed by atoms with E-state index in [1.165, 1.54) is 89.9 Å². The molecule has 4 nitrogen and oxygen atoms in total. The summed E-state index contributed by atoms with van der Waals surface area (Å²) in [6.07, 6.45) is 24.6. The van der Waals surface area contributed by atoms with Crippen LogP contribution in [0, 0.1) is 23.7 Å². The maximum atomic E-state index is 12.9. The molecule has 2 unspecified atom stereocenters. The van der Waals surface area contributed by atoms with E-state index in [1.54, 1.807) is 0 Å². The Balaban J connectivity index is 3.85. The molecule has 0 aliphatic rings. The van der Waals surface area contributed by atoms with Gasteiger partial charge in [0, 0.05) is 6.42 Å². The van der Waals surface area contributed by atoms with Crippen molar-refractivity contribution in [3.63, 3.8) is 0 Å². The summed E-state index contributed by atoms with van der Waals surface area (Å²) < 4.78 is 11.0. The van der Waals surface area contributed by atoms with Crippen LogP contribution in [0.15, 0.2) is 0 Å². The molecule has 0 saturated heterocycles. The molecule has 0 N–H and O–H groups in total. The van der Waals surface area contributed by atoms with Gasteiger partial charge in [-0.05, 0) is 43.4 Å². The summed E-state index contributed by atoms with van der Waals surface area (Å²) in [5, 5.41) is 0. The summed E-state index contributed by atoms with van der Waals surface area (Å²) in [6, 6.07) is 0. The van der Waals surface area contributed by atoms with Crippen molar-refractivity contribution in [2.24, 2.45) is 23.7 Å². The second-order valence-electron chi connectivity index (χ2n) is 12.6. The monoisotopic (exact) mass is 553 g/mol. The van der Waals surface area contributed by atoms with Crippen LogP contribution in [0.2, 0.25) is 0 Å². The first-order valence-corrected chi connectivity index (χ1v) is 17.2. The molecule has 0 aromatic carbocycles. The predicted octanol–water partition coefficient (Wildman–Crippen LogP) is 10.8. The van der Waals surface area contributed by atoms with Crippen LogP contribution in [0.3, 0.4) is 0 Å². The zero-order valence-corrected chi connectivity index (χ0v) is 27.2. The van der Waals surface area contributed by atoms with E-state index in [0.29, 0.717) is 37.4 Å². The van der Waals surface area contributed by atoms with Gasteiger partial charge in [-0.2, -0.15) is 0 Å². The fourth-order valence-corrected chi connectivity index (χ4v) is 5.69. The van der Waals surface area contributed by atoms with Gasteiger partial charge in [0.1, 0.15) is 0 Å². The standard InChI is InChI=1S/C35H68O4/c1-7-9-11-24-28-38-33(36)27-23-21-19-17-15-13-14-16-18-20-22-26-32(30(3)4)34(31(5)6)35(37)39-29-25-12-10-8-2/h30-32,34H,7-29H2,1-6H3. The van der Waals surface area contributed by atoms with E-state index in [9.17, 15) is 9.59 Å². The maximum absolute atomic E-state index is 12.9. The van der Waals surface area contributed by atoms with Crippen LogP contribution in [-0.4, -0.2) is 25.2 Å². The van der Waals surface area contributed by atoms with Crippen molar-refractivity contribution in [1.29, 1.82) is 0 Å². The molecule has 0 bridgehead atoms. The molecule has 2 atom stereocenters. The summed E-state index contributed by atoms with van der Waals surface area (Å²) in [5.74, 6) is 1.31. The average molecular weight is 553 g/mol. The molecule has 0 rings (SSSR count). The maximum Gasteiger partial charge on any atom is 0.309 e. The fraction of sp³-hybridized carbons (Fsp3) is 0.943. The van der Waals surface area contributed by atoms with Crippen molar-refractivity contribution in [3.8, 4) is 0 Å². The molecule has 0 saturated carbocycles. The zero-order valence-electron chi connectivity index (χ0n) is 27.2. The molecule has 0 heterocycles. The molecule has 4 heteroatoms. The van der Waals surface area contributed by atoms with Crippen molar-refractivity contribution in [2.45, 2.75) is 176 Å². The third-order valence-corrected chi connectivity index (χ3v) is 8.23. The van der Waals surface area contributed by atoms with Gasteiger partial charge in [0.15, 0.2) is 0 Å². The number of ether oxygens (including phenoxy) is 2. The summed E-state index contributed by atoms with van der Waals surface area (Å²) >= 11 is 0. The Bertz CT molecular complexity index is 557. The van der Waals surface area contributed by atoms with Gasteiger partial charge < -0.3 is 9.47 Å². The van der Waals surface area contributed by atoms with Crippen molar-refractivity contribution >= 4 is 11.9 Å². The van der Waals surface area contributed by atoms with E-state index in [4.69, 9.17) is 9.47 Å². The lowest BCUT2D eigenvalue weighted by molar-refractivity contribution is -0.153. The van der Waals surface area contributed by atoms with Crippen LogP contribution in [0.5, 0.6) is 0 Å². The van der Waals surface area contributed by atoms with Gasteiger partial charge in [-0.3, -0.25) is 9.59 Å². The highest BCUT2D eigenvalue weighted by atomic mass is 16.5. The topological polar surface area (TPSA) is 52.6 Å². The van der Waals surface area contributed by atoms with Gasteiger partial charge >= 0.3 is 11.9 Å². The minimum Gasteiger partial charge on any atom is -0.466 e. The van der Waals surface area contributed by atoms with Gasteiger partial charge in [0.2, 0.25) is 0 Å². The van der Waals surface area contributed by atoms with Crippen LogP contribution in [0.1, 0.15) is 176 Å². The SMILES string of the molecule is CCCCCCOC(=O)CCCCCCCCCCCCCC(C(C)C)C(C(=O)OCCCCCC)C(C)C. The van der Waals surface area contributed by atoms with Crippen LogP contribution in [0.4, 0.5) is 0 Å². The molecule has 0 aromatic rings. The molecule has 0 aliphatic carbocycles. The van der Waals surface area contributed by atoms with Gasteiger partial charge in [0.25, 0.3) is 0 Å². The Morgan fingerprint density at radius 2 is 0.949 bits per heavy atom. The predicted molar refractivity (Wildman–Crippen MR) is 167 cm³/mol. The molecule has 0 spiro atoms. The number of unbranched alkanes of at least 4 members (excludes halogenated alkanes) is 16. The van der Waals surface area contributed by atoms with E-state index >= 15 is 0 Å². The number of carbonyl (C=O) groups excluding carboxylic acids is 2. The number of rotatable bonds is 28. The van der Waals surface area contributed by atoms with E-state index in [2.05, 4.69) is 41.5 Å². The van der Waals surface area contributed by atoms with Crippen molar-refractivity contribution in [1.82, 2.24) is 0 Å². The Hall–Kier alpha value is -1.06. The number of hydrogen-bond donors (Lipinski definition) is 0. The molecular weight excluding hydrogens is 484 g/mol. The second-order valence-corrected chi connectivity index (χ2v) is 12.6. The van der Waals surface area contributed by atoms with E-state index in [0.717, 1.165) is 38.5 Å². The fourth-order valence-electron chi connectivity index (χ4n) is 5.69. The van der Waals surface area contributed by atoms with Crippen LogP contribution in [-0.2, 0) is 19.1 Å². The van der Waals surface area contributed by atoms with Crippen LogP contribution in [0.25, 0.3) is 0 Å². The minimum absolute atomic E-state index is 0.0105.